The van der Waals surface area contributed by atoms with Crippen LogP contribution in [0.25, 0.3) is 0 Å². The Morgan fingerprint density at radius 2 is 2.13 bits per heavy atom. The number of rotatable bonds is 6. The summed E-state index contributed by atoms with van der Waals surface area (Å²) in [7, 11) is 2.25. The lowest BCUT2D eigenvalue weighted by Gasteiger charge is -2.24. The van der Waals surface area contributed by atoms with Crippen LogP contribution in [-0.2, 0) is 0 Å². The molecule has 0 aromatic heterocycles. The first-order chi connectivity index (χ1) is 7.36. The molecule has 1 aliphatic heterocycles. The Labute approximate surface area is 93.6 Å². The second-order valence-corrected chi connectivity index (χ2v) is 5.06. The highest BCUT2D eigenvalue weighted by molar-refractivity contribution is 4.82. The molecule has 1 unspecified atom stereocenters. The third-order valence-corrected chi connectivity index (χ3v) is 3.61. The Balaban J connectivity index is 1.46. The Hall–Kier alpha value is -0.120. The van der Waals surface area contributed by atoms with Crippen LogP contribution >= 0.6 is 0 Å². The van der Waals surface area contributed by atoms with Gasteiger partial charge >= 0.3 is 0 Å². The monoisotopic (exact) mass is 211 g/mol. The van der Waals surface area contributed by atoms with E-state index >= 15 is 0 Å². The molecule has 1 atom stereocenters. The minimum absolute atomic E-state index is 0.727. The fourth-order valence-electron chi connectivity index (χ4n) is 2.33. The summed E-state index contributed by atoms with van der Waals surface area (Å²) in [5.74, 6) is 0. The van der Waals surface area contributed by atoms with Crippen LogP contribution in [0.15, 0.2) is 0 Å². The predicted octanol–water partition coefficient (Wildman–Crippen LogP) is 0.812. The van der Waals surface area contributed by atoms with Crippen molar-refractivity contribution in [2.45, 2.75) is 44.2 Å². The van der Waals surface area contributed by atoms with Crippen LogP contribution < -0.4 is 10.6 Å². The second-order valence-electron chi connectivity index (χ2n) is 5.06. The Bertz CT molecular complexity index is 174. The average Bonchev–Trinajstić information content (AvgIpc) is 3.09. The van der Waals surface area contributed by atoms with Crippen LogP contribution in [-0.4, -0.2) is 50.2 Å². The van der Waals surface area contributed by atoms with Crippen molar-refractivity contribution in [1.82, 2.24) is 15.5 Å². The van der Waals surface area contributed by atoms with Gasteiger partial charge in [-0.1, -0.05) is 6.42 Å². The Morgan fingerprint density at radius 1 is 1.27 bits per heavy atom. The molecular formula is C12H25N3. The van der Waals surface area contributed by atoms with Gasteiger partial charge in [0.2, 0.25) is 0 Å². The van der Waals surface area contributed by atoms with Crippen molar-refractivity contribution in [3.05, 3.63) is 0 Å². The summed E-state index contributed by atoms with van der Waals surface area (Å²) in [5, 5.41) is 7.13. The normalized spacial score (nSPS) is 27.2. The number of hydrogen-bond acceptors (Lipinski definition) is 3. The van der Waals surface area contributed by atoms with Crippen molar-refractivity contribution in [1.29, 1.82) is 0 Å². The Morgan fingerprint density at radius 3 is 2.80 bits per heavy atom. The van der Waals surface area contributed by atoms with E-state index in [-0.39, 0.29) is 0 Å². The third-order valence-electron chi connectivity index (χ3n) is 3.61. The molecule has 0 aromatic carbocycles. The van der Waals surface area contributed by atoms with Crippen molar-refractivity contribution < 1.29 is 0 Å². The van der Waals surface area contributed by atoms with E-state index in [1.54, 1.807) is 0 Å². The van der Waals surface area contributed by atoms with Crippen molar-refractivity contribution in [3.8, 4) is 0 Å². The molecule has 0 amide bonds. The van der Waals surface area contributed by atoms with Gasteiger partial charge in [-0.2, -0.15) is 0 Å². The molecule has 2 aliphatic rings. The van der Waals surface area contributed by atoms with Gasteiger partial charge in [-0.3, -0.25) is 0 Å². The van der Waals surface area contributed by atoms with Crippen molar-refractivity contribution in [2.24, 2.45) is 0 Å². The van der Waals surface area contributed by atoms with Crippen molar-refractivity contribution in [3.63, 3.8) is 0 Å². The maximum atomic E-state index is 3.57. The first kappa shape index (κ1) is 11.4. The maximum Gasteiger partial charge on any atom is 0.0192 e. The van der Waals surface area contributed by atoms with Crippen LogP contribution in [0.5, 0.6) is 0 Å². The summed E-state index contributed by atoms with van der Waals surface area (Å²) in [4.78, 5) is 2.49. The fraction of sp³-hybridized carbons (Fsp3) is 1.00. The zero-order chi connectivity index (χ0) is 10.5. The lowest BCUT2D eigenvalue weighted by Crippen LogP contribution is -2.43. The molecule has 0 radical (unpaired) electrons. The van der Waals surface area contributed by atoms with Gasteiger partial charge < -0.3 is 15.5 Å². The Kier molecular flexibility index (Phi) is 4.42. The molecule has 0 spiro atoms. The molecule has 1 heterocycles. The minimum Gasteiger partial charge on any atom is -0.314 e. The third kappa shape index (κ3) is 4.09. The van der Waals surface area contributed by atoms with Gasteiger partial charge in [0.05, 0.1) is 0 Å². The van der Waals surface area contributed by atoms with E-state index in [1.807, 2.05) is 0 Å². The van der Waals surface area contributed by atoms with E-state index in [2.05, 4.69) is 22.6 Å². The smallest absolute Gasteiger partial charge is 0.0192 e. The van der Waals surface area contributed by atoms with Gasteiger partial charge in [0, 0.05) is 31.7 Å². The molecule has 1 aliphatic carbocycles. The highest BCUT2D eigenvalue weighted by Gasteiger charge is 2.25. The zero-order valence-corrected chi connectivity index (χ0v) is 9.97. The van der Waals surface area contributed by atoms with Crippen LogP contribution in [0.4, 0.5) is 0 Å². The average molecular weight is 211 g/mol. The first-order valence-electron chi connectivity index (χ1n) is 6.50. The quantitative estimate of drug-likeness (QED) is 0.637. The summed E-state index contributed by atoms with van der Waals surface area (Å²) in [5.41, 5.74) is 0. The van der Waals surface area contributed by atoms with E-state index in [0.717, 1.165) is 25.2 Å². The summed E-state index contributed by atoms with van der Waals surface area (Å²) in [6, 6.07) is 1.63. The molecule has 0 aromatic rings. The summed E-state index contributed by atoms with van der Waals surface area (Å²) in [6.07, 6.45) is 6.95. The molecule has 2 fully saturated rings. The number of nitrogens with one attached hydrogen (secondary N) is 2. The lowest BCUT2D eigenvalue weighted by atomic mass is 10.1. The molecule has 2 N–H and O–H groups in total. The number of likely N-dealkylation sites (N-methyl/N-ethyl adjacent to an activating group) is 1. The van der Waals surface area contributed by atoms with Crippen molar-refractivity contribution in [2.75, 3.05) is 33.2 Å². The SMILES string of the molecule is CN(CCNCC1CCCCN1)C1CC1. The van der Waals surface area contributed by atoms with Crippen LogP contribution in [0, 0.1) is 0 Å². The molecule has 0 bridgehead atoms. The maximum absolute atomic E-state index is 3.57. The molecule has 3 nitrogen and oxygen atoms in total. The van der Waals surface area contributed by atoms with E-state index in [4.69, 9.17) is 0 Å². The van der Waals surface area contributed by atoms with Gasteiger partial charge in [0.1, 0.15) is 0 Å². The summed E-state index contributed by atoms with van der Waals surface area (Å²) in [6.45, 7) is 4.72. The molecule has 3 heteroatoms. The van der Waals surface area contributed by atoms with Crippen LogP contribution in [0.2, 0.25) is 0 Å². The largest absolute Gasteiger partial charge is 0.314 e. The van der Waals surface area contributed by atoms with E-state index in [9.17, 15) is 0 Å². The summed E-state index contributed by atoms with van der Waals surface area (Å²) >= 11 is 0. The minimum atomic E-state index is 0.727. The first-order valence-corrected chi connectivity index (χ1v) is 6.50. The standard InChI is InChI=1S/C12H25N3/c1-15(12-5-6-12)9-8-13-10-11-4-2-3-7-14-11/h11-14H,2-10H2,1H3. The summed E-state index contributed by atoms with van der Waals surface area (Å²) < 4.78 is 0. The van der Waals surface area contributed by atoms with E-state index in [0.29, 0.717) is 0 Å². The van der Waals surface area contributed by atoms with Crippen molar-refractivity contribution >= 4 is 0 Å². The highest BCUT2D eigenvalue weighted by atomic mass is 15.2. The van der Waals surface area contributed by atoms with E-state index in [1.165, 1.54) is 45.2 Å². The zero-order valence-electron chi connectivity index (χ0n) is 9.97. The molecular weight excluding hydrogens is 186 g/mol. The lowest BCUT2D eigenvalue weighted by molar-refractivity contribution is 0.313. The van der Waals surface area contributed by atoms with Gasteiger partial charge in [0.25, 0.3) is 0 Å². The second kappa shape index (κ2) is 5.83. The number of nitrogens with zero attached hydrogens (tertiary/aromatic N) is 1. The van der Waals surface area contributed by atoms with Gasteiger partial charge in [-0.05, 0) is 39.3 Å². The van der Waals surface area contributed by atoms with Gasteiger partial charge in [-0.15, -0.1) is 0 Å². The van der Waals surface area contributed by atoms with Crippen LogP contribution in [0.1, 0.15) is 32.1 Å². The van der Waals surface area contributed by atoms with Gasteiger partial charge in [-0.25, -0.2) is 0 Å². The fourth-order valence-corrected chi connectivity index (χ4v) is 2.33. The molecule has 1 saturated heterocycles. The predicted molar refractivity (Wildman–Crippen MR) is 64.2 cm³/mol. The topological polar surface area (TPSA) is 27.3 Å². The number of hydrogen-bond donors (Lipinski definition) is 2. The highest BCUT2D eigenvalue weighted by Crippen LogP contribution is 2.24. The molecule has 2 rings (SSSR count). The van der Waals surface area contributed by atoms with Gasteiger partial charge in [0.15, 0.2) is 0 Å². The van der Waals surface area contributed by atoms with E-state index < -0.39 is 0 Å². The molecule has 15 heavy (non-hydrogen) atoms. The molecule has 88 valence electrons. The number of piperidine rings is 1. The molecule has 1 saturated carbocycles. The van der Waals surface area contributed by atoms with Crippen LogP contribution in [0.3, 0.4) is 0 Å².